The number of benzene rings is 1. The Morgan fingerprint density at radius 1 is 1.21 bits per heavy atom. The summed E-state index contributed by atoms with van der Waals surface area (Å²) in [5.74, 6) is 0.0342. The number of carbonyl (C=O) groups excluding carboxylic acids is 1. The maximum atomic E-state index is 11.8. The van der Waals surface area contributed by atoms with Crippen LogP contribution in [0.5, 0.6) is 0 Å². The van der Waals surface area contributed by atoms with Gasteiger partial charge in [0.1, 0.15) is 0 Å². The third-order valence-corrected chi connectivity index (χ3v) is 3.87. The Labute approximate surface area is 116 Å². The number of hydrogen-bond donors (Lipinski definition) is 2. The quantitative estimate of drug-likeness (QED) is 0.877. The van der Waals surface area contributed by atoms with Gasteiger partial charge in [-0.2, -0.15) is 11.3 Å². The molecule has 0 spiro atoms. The summed E-state index contributed by atoms with van der Waals surface area (Å²) in [6.07, 6.45) is 2.23. The van der Waals surface area contributed by atoms with Crippen LogP contribution in [0.15, 0.2) is 41.1 Å². The Balaban J connectivity index is 1.57. The Bertz CT molecular complexity index is 544. The molecule has 4 heteroatoms. The molecular weight excluding hydrogens is 256 g/mol. The zero-order valence-corrected chi connectivity index (χ0v) is 11.4. The summed E-state index contributed by atoms with van der Waals surface area (Å²) >= 11 is 1.70. The third-order valence-electron chi connectivity index (χ3n) is 3.14. The van der Waals surface area contributed by atoms with Gasteiger partial charge in [-0.1, -0.05) is 0 Å². The molecule has 1 aliphatic rings. The van der Waals surface area contributed by atoms with Crippen LogP contribution in [0.4, 0.5) is 5.69 Å². The highest BCUT2D eigenvalue weighted by molar-refractivity contribution is 7.07. The molecule has 0 saturated heterocycles. The second-order valence-corrected chi connectivity index (χ2v) is 5.59. The normalized spacial score (nSPS) is 14.1. The van der Waals surface area contributed by atoms with Gasteiger partial charge in [0.05, 0.1) is 0 Å². The molecule has 0 atom stereocenters. The highest BCUT2D eigenvalue weighted by Gasteiger charge is 2.23. The molecule has 98 valence electrons. The second-order valence-electron chi connectivity index (χ2n) is 4.81. The number of hydrogen-bond acceptors (Lipinski definition) is 3. The van der Waals surface area contributed by atoms with E-state index in [1.54, 1.807) is 11.3 Å². The second kappa shape index (κ2) is 5.45. The molecule has 1 fully saturated rings. The van der Waals surface area contributed by atoms with Gasteiger partial charge in [0, 0.05) is 23.8 Å². The van der Waals surface area contributed by atoms with Crippen LogP contribution in [0, 0.1) is 0 Å². The molecule has 19 heavy (non-hydrogen) atoms. The van der Waals surface area contributed by atoms with Gasteiger partial charge in [-0.25, -0.2) is 0 Å². The Hall–Kier alpha value is -1.81. The van der Waals surface area contributed by atoms with Gasteiger partial charge in [-0.05, 0) is 59.5 Å². The first-order valence-corrected chi connectivity index (χ1v) is 7.41. The van der Waals surface area contributed by atoms with E-state index in [0.29, 0.717) is 6.04 Å². The number of anilines is 1. The van der Waals surface area contributed by atoms with E-state index in [9.17, 15) is 4.79 Å². The molecule has 1 saturated carbocycles. The average Bonchev–Trinajstić information content (AvgIpc) is 3.09. The summed E-state index contributed by atoms with van der Waals surface area (Å²) < 4.78 is 0. The SMILES string of the molecule is O=C(NC1CC1)c1ccc(NCc2ccsc2)cc1. The molecule has 2 aromatic rings. The van der Waals surface area contributed by atoms with Crippen molar-refractivity contribution < 1.29 is 4.79 Å². The fraction of sp³-hybridized carbons (Fsp3) is 0.267. The van der Waals surface area contributed by atoms with Crippen molar-refractivity contribution in [3.63, 3.8) is 0 Å². The molecule has 3 nitrogen and oxygen atoms in total. The summed E-state index contributed by atoms with van der Waals surface area (Å²) in [6.45, 7) is 0.817. The molecule has 2 N–H and O–H groups in total. The molecule has 0 aliphatic heterocycles. The molecule has 1 amide bonds. The topological polar surface area (TPSA) is 41.1 Å². The Kier molecular flexibility index (Phi) is 3.51. The summed E-state index contributed by atoms with van der Waals surface area (Å²) in [6, 6.07) is 10.2. The minimum Gasteiger partial charge on any atom is -0.381 e. The lowest BCUT2D eigenvalue weighted by Crippen LogP contribution is -2.25. The van der Waals surface area contributed by atoms with Gasteiger partial charge in [0.2, 0.25) is 0 Å². The van der Waals surface area contributed by atoms with E-state index >= 15 is 0 Å². The third kappa shape index (κ3) is 3.35. The van der Waals surface area contributed by atoms with Gasteiger partial charge in [0.25, 0.3) is 5.91 Å². The van der Waals surface area contributed by atoms with Gasteiger partial charge in [-0.15, -0.1) is 0 Å². The first-order valence-electron chi connectivity index (χ1n) is 6.47. The summed E-state index contributed by atoms with van der Waals surface area (Å²) in [4.78, 5) is 11.8. The fourth-order valence-electron chi connectivity index (χ4n) is 1.83. The Morgan fingerprint density at radius 3 is 2.63 bits per heavy atom. The van der Waals surface area contributed by atoms with Crippen molar-refractivity contribution in [2.24, 2.45) is 0 Å². The van der Waals surface area contributed by atoms with E-state index in [2.05, 4.69) is 27.5 Å². The molecule has 3 rings (SSSR count). The molecule has 1 aromatic carbocycles. The van der Waals surface area contributed by atoms with E-state index in [0.717, 1.165) is 30.6 Å². The van der Waals surface area contributed by atoms with Crippen molar-refractivity contribution >= 4 is 22.9 Å². The summed E-state index contributed by atoms with van der Waals surface area (Å²) in [5.41, 5.74) is 3.04. The molecule has 0 bridgehead atoms. The molecule has 1 heterocycles. The lowest BCUT2D eigenvalue weighted by Gasteiger charge is -2.07. The molecule has 0 unspecified atom stereocenters. The molecule has 1 aliphatic carbocycles. The van der Waals surface area contributed by atoms with E-state index in [1.807, 2.05) is 24.3 Å². The van der Waals surface area contributed by atoms with Gasteiger partial charge in [0.15, 0.2) is 0 Å². The lowest BCUT2D eigenvalue weighted by molar-refractivity contribution is 0.0951. The van der Waals surface area contributed by atoms with Crippen molar-refractivity contribution in [3.05, 3.63) is 52.2 Å². The first kappa shape index (κ1) is 12.2. The van der Waals surface area contributed by atoms with Crippen molar-refractivity contribution in [1.82, 2.24) is 5.32 Å². The number of nitrogens with one attached hydrogen (secondary N) is 2. The predicted molar refractivity (Wildman–Crippen MR) is 78.6 cm³/mol. The summed E-state index contributed by atoms with van der Waals surface area (Å²) in [5, 5.41) is 10.5. The first-order chi connectivity index (χ1) is 9.31. The minimum absolute atomic E-state index is 0.0342. The zero-order valence-electron chi connectivity index (χ0n) is 10.6. The number of thiophene rings is 1. The maximum absolute atomic E-state index is 11.8. The lowest BCUT2D eigenvalue weighted by atomic mass is 10.2. The van der Waals surface area contributed by atoms with Crippen LogP contribution in [-0.2, 0) is 6.54 Å². The standard InChI is InChI=1S/C15H16N2OS/c18-15(17-14-5-6-14)12-1-3-13(4-2-12)16-9-11-7-8-19-10-11/h1-4,7-8,10,14,16H,5-6,9H2,(H,17,18). The average molecular weight is 272 g/mol. The van der Waals surface area contributed by atoms with Crippen LogP contribution in [0.1, 0.15) is 28.8 Å². The zero-order chi connectivity index (χ0) is 13.1. The highest BCUT2D eigenvalue weighted by Crippen LogP contribution is 2.19. The van der Waals surface area contributed by atoms with Crippen molar-refractivity contribution in [1.29, 1.82) is 0 Å². The van der Waals surface area contributed by atoms with Crippen LogP contribution >= 0.6 is 11.3 Å². The largest absolute Gasteiger partial charge is 0.381 e. The van der Waals surface area contributed by atoms with E-state index in [1.165, 1.54) is 5.56 Å². The summed E-state index contributed by atoms with van der Waals surface area (Å²) in [7, 11) is 0. The van der Waals surface area contributed by atoms with Crippen molar-refractivity contribution in [2.45, 2.75) is 25.4 Å². The number of amides is 1. The van der Waals surface area contributed by atoms with Gasteiger partial charge < -0.3 is 10.6 Å². The van der Waals surface area contributed by atoms with Crippen molar-refractivity contribution in [3.8, 4) is 0 Å². The van der Waals surface area contributed by atoms with Crippen LogP contribution in [0.25, 0.3) is 0 Å². The van der Waals surface area contributed by atoms with E-state index in [-0.39, 0.29) is 5.91 Å². The number of rotatable bonds is 5. The van der Waals surface area contributed by atoms with Crippen LogP contribution in [-0.4, -0.2) is 11.9 Å². The smallest absolute Gasteiger partial charge is 0.251 e. The molecular formula is C15H16N2OS. The van der Waals surface area contributed by atoms with Crippen molar-refractivity contribution in [2.75, 3.05) is 5.32 Å². The van der Waals surface area contributed by atoms with Crippen LogP contribution in [0.2, 0.25) is 0 Å². The van der Waals surface area contributed by atoms with E-state index in [4.69, 9.17) is 0 Å². The fourth-order valence-corrected chi connectivity index (χ4v) is 2.50. The van der Waals surface area contributed by atoms with Gasteiger partial charge in [-0.3, -0.25) is 4.79 Å². The predicted octanol–water partition coefficient (Wildman–Crippen LogP) is 3.25. The van der Waals surface area contributed by atoms with E-state index < -0.39 is 0 Å². The van der Waals surface area contributed by atoms with Crippen LogP contribution in [0.3, 0.4) is 0 Å². The van der Waals surface area contributed by atoms with Gasteiger partial charge >= 0.3 is 0 Å². The molecule has 1 aromatic heterocycles. The number of carbonyl (C=O) groups is 1. The maximum Gasteiger partial charge on any atom is 0.251 e. The monoisotopic (exact) mass is 272 g/mol. The molecule has 0 radical (unpaired) electrons. The Morgan fingerprint density at radius 2 is 2.00 bits per heavy atom. The highest BCUT2D eigenvalue weighted by atomic mass is 32.1. The van der Waals surface area contributed by atoms with Crippen LogP contribution < -0.4 is 10.6 Å². The minimum atomic E-state index is 0.0342.